The molecule has 104 valence electrons. The number of hydrogen-bond donors (Lipinski definition) is 0. The Bertz CT molecular complexity index is 557. The molecule has 0 heterocycles. The second-order valence-electron chi connectivity index (χ2n) is 4.84. The summed E-state index contributed by atoms with van der Waals surface area (Å²) in [4.78, 5) is 12.1. The molecule has 0 saturated heterocycles. The fraction of sp³-hybridized carbons (Fsp3) is 0.500. The number of para-hydroxylation sites is 1. The van der Waals surface area contributed by atoms with Gasteiger partial charge >= 0.3 is 0 Å². The molecule has 0 radical (unpaired) electrons. The van der Waals surface area contributed by atoms with Crippen molar-refractivity contribution < 1.29 is 17.9 Å². The van der Waals surface area contributed by atoms with Crippen molar-refractivity contribution in [3.05, 3.63) is 29.8 Å². The predicted octanol–water partition coefficient (Wildman–Crippen LogP) is 2.24. The fourth-order valence-electron chi connectivity index (χ4n) is 2.50. The van der Waals surface area contributed by atoms with Crippen molar-refractivity contribution in [3.8, 4) is 5.75 Å². The van der Waals surface area contributed by atoms with Gasteiger partial charge in [0.25, 0.3) is 0 Å². The lowest BCUT2D eigenvalue weighted by Crippen LogP contribution is -2.26. The van der Waals surface area contributed by atoms with Crippen LogP contribution in [0.3, 0.4) is 0 Å². The summed E-state index contributed by atoms with van der Waals surface area (Å²) in [6.45, 7) is 0. The first-order chi connectivity index (χ1) is 9.04. The number of methoxy groups -OCH3 is 1. The lowest BCUT2D eigenvalue weighted by atomic mass is 10.1. The minimum atomic E-state index is -3.34. The summed E-state index contributed by atoms with van der Waals surface area (Å²) in [6, 6.07) is 6.72. The van der Waals surface area contributed by atoms with Gasteiger partial charge in [0.2, 0.25) is 0 Å². The van der Waals surface area contributed by atoms with Crippen LogP contribution < -0.4 is 4.74 Å². The van der Waals surface area contributed by atoms with E-state index in [-0.39, 0.29) is 11.0 Å². The van der Waals surface area contributed by atoms with E-state index in [9.17, 15) is 13.2 Å². The molecule has 0 aromatic heterocycles. The van der Waals surface area contributed by atoms with Crippen LogP contribution in [0.5, 0.6) is 5.75 Å². The highest BCUT2D eigenvalue weighted by Crippen LogP contribution is 2.26. The second kappa shape index (κ2) is 5.74. The maximum atomic E-state index is 12.2. The summed E-state index contributed by atoms with van der Waals surface area (Å²) in [6.07, 6.45) is 3.24. The Balaban J connectivity index is 2.16. The van der Waals surface area contributed by atoms with Crippen LogP contribution in [0.2, 0.25) is 0 Å². The van der Waals surface area contributed by atoms with Gasteiger partial charge in [-0.3, -0.25) is 4.79 Å². The molecular formula is C14H18O4S. The van der Waals surface area contributed by atoms with Crippen molar-refractivity contribution in [3.63, 3.8) is 0 Å². The van der Waals surface area contributed by atoms with E-state index in [0.717, 1.165) is 12.8 Å². The summed E-state index contributed by atoms with van der Waals surface area (Å²) < 4.78 is 29.4. The molecule has 1 fully saturated rings. The number of Topliss-reactive ketones (excluding diaryl/α,β-unsaturated/α-hetero) is 1. The van der Waals surface area contributed by atoms with Gasteiger partial charge in [-0.1, -0.05) is 25.0 Å². The maximum Gasteiger partial charge on any atom is 0.181 e. The molecule has 0 atom stereocenters. The van der Waals surface area contributed by atoms with Crippen molar-refractivity contribution in [2.45, 2.75) is 30.9 Å². The van der Waals surface area contributed by atoms with Gasteiger partial charge in [0.1, 0.15) is 11.5 Å². The van der Waals surface area contributed by atoms with Crippen molar-refractivity contribution in [2.75, 3.05) is 12.9 Å². The molecule has 1 aromatic carbocycles. The molecule has 1 aliphatic carbocycles. The number of sulfone groups is 1. The van der Waals surface area contributed by atoms with Gasteiger partial charge in [0, 0.05) is 0 Å². The SMILES string of the molecule is COc1ccccc1C(=O)CS(=O)(=O)C1CCCC1. The Morgan fingerprint density at radius 2 is 1.89 bits per heavy atom. The lowest BCUT2D eigenvalue weighted by molar-refractivity contribution is 0.101. The number of ether oxygens (including phenoxy) is 1. The van der Waals surface area contributed by atoms with Gasteiger partial charge in [0.05, 0.1) is 17.9 Å². The maximum absolute atomic E-state index is 12.2. The molecule has 2 rings (SSSR count). The molecule has 0 amide bonds. The van der Waals surface area contributed by atoms with Crippen LogP contribution in [0.25, 0.3) is 0 Å². The lowest BCUT2D eigenvalue weighted by Gasteiger charge is -2.11. The van der Waals surface area contributed by atoms with Crippen LogP contribution in [0.1, 0.15) is 36.0 Å². The first-order valence-corrected chi connectivity index (χ1v) is 8.14. The Hall–Kier alpha value is -1.36. The molecular weight excluding hydrogens is 264 g/mol. The van der Waals surface area contributed by atoms with Crippen LogP contribution in [0.4, 0.5) is 0 Å². The average Bonchev–Trinajstić information content (AvgIpc) is 2.93. The van der Waals surface area contributed by atoms with E-state index in [1.807, 2.05) is 0 Å². The quantitative estimate of drug-likeness (QED) is 0.777. The molecule has 19 heavy (non-hydrogen) atoms. The topological polar surface area (TPSA) is 60.4 Å². The van der Waals surface area contributed by atoms with Gasteiger partial charge in [-0.15, -0.1) is 0 Å². The highest BCUT2D eigenvalue weighted by molar-refractivity contribution is 7.92. The Labute approximate surface area is 113 Å². The number of rotatable bonds is 5. The van der Waals surface area contributed by atoms with E-state index < -0.39 is 15.6 Å². The predicted molar refractivity (Wildman–Crippen MR) is 73.4 cm³/mol. The first-order valence-electron chi connectivity index (χ1n) is 6.42. The Morgan fingerprint density at radius 3 is 2.53 bits per heavy atom. The Kier molecular flexibility index (Phi) is 4.24. The molecule has 1 saturated carbocycles. The third-order valence-corrected chi connectivity index (χ3v) is 5.70. The fourth-order valence-corrected chi connectivity index (χ4v) is 4.31. The first kappa shape index (κ1) is 14.1. The molecule has 0 bridgehead atoms. The summed E-state index contributed by atoms with van der Waals surface area (Å²) >= 11 is 0. The van der Waals surface area contributed by atoms with E-state index in [1.54, 1.807) is 24.3 Å². The van der Waals surface area contributed by atoms with Crippen molar-refractivity contribution in [1.29, 1.82) is 0 Å². The molecule has 4 nitrogen and oxygen atoms in total. The number of hydrogen-bond acceptors (Lipinski definition) is 4. The minimum absolute atomic E-state index is 0.339. The largest absolute Gasteiger partial charge is 0.496 e. The van der Waals surface area contributed by atoms with E-state index >= 15 is 0 Å². The molecule has 0 spiro atoms. The van der Waals surface area contributed by atoms with Gasteiger partial charge in [-0.25, -0.2) is 8.42 Å². The standard InChI is InChI=1S/C14H18O4S/c1-18-14-9-5-4-8-12(14)13(15)10-19(16,17)11-6-2-3-7-11/h4-5,8-9,11H,2-3,6-7,10H2,1H3. The van der Waals surface area contributed by atoms with Crippen molar-refractivity contribution >= 4 is 15.6 Å². The minimum Gasteiger partial charge on any atom is -0.496 e. The molecule has 1 aliphatic rings. The summed E-state index contributed by atoms with van der Waals surface area (Å²) in [5.74, 6) is -0.378. The highest BCUT2D eigenvalue weighted by Gasteiger charge is 2.31. The van der Waals surface area contributed by atoms with E-state index in [1.165, 1.54) is 7.11 Å². The normalized spacial score (nSPS) is 16.5. The van der Waals surface area contributed by atoms with Crippen molar-refractivity contribution in [2.24, 2.45) is 0 Å². The van der Waals surface area contributed by atoms with Gasteiger partial charge in [0.15, 0.2) is 15.6 Å². The number of ketones is 1. The number of carbonyl (C=O) groups excluding carboxylic acids is 1. The summed E-state index contributed by atoms with van der Waals surface area (Å²) in [5.41, 5.74) is 0.339. The molecule has 0 unspecified atom stereocenters. The van der Waals surface area contributed by atoms with Crippen LogP contribution in [0, 0.1) is 0 Å². The van der Waals surface area contributed by atoms with Crippen molar-refractivity contribution in [1.82, 2.24) is 0 Å². The van der Waals surface area contributed by atoms with Gasteiger partial charge in [-0.05, 0) is 25.0 Å². The zero-order valence-corrected chi connectivity index (χ0v) is 11.8. The second-order valence-corrected chi connectivity index (χ2v) is 7.12. The monoisotopic (exact) mass is 282 g/mol. The van der Waals surface area contributed by atoms with Crippen LogP contribution in [0.15, 0.2) is 24.3 Å². The summed E-state index contributed by atoms with van der Waals surface area (Å²) in [7, 11) is -1.87. The third-order valence-electron chi connectivity index (χ3n) is 3.55. The smallest absolute Gasteiger partial charge is 0.181 e. The number of benzene rings is 1. The van der Waals surface area contributed by atoms with Gasteiger partial charge in [-0.2, -0.15) is 0 Å². The third kappa shape index (κ3) is 3.15. The van der Waals surface area contributed by atoms with E-state index in [4.69, 9.17) is 4.74 Å². The van der Waals surface area contributed by atoms with E-state index in [0.29, 0.717) is 24.2 Å². The summed E-state index contributed by atoms with van der Waals surface area (Å²) in [5, 5.41) is -0.342. The zero-order valence-electron chi connectivity index (χ0n) is 11.0. The van der Waals surface area contributed by atoms with Crippen LogP contribution in [-0.4, -0.2) is 32.3 Å². The van der Waals surface area contributed by atoms with Gasteiger partial charge < -0.3 is 4.74 Å². The Morgan fingerprint density at radius 1 is 1.26 bits per heavy atom. The van der Waals surface area contributed by atoms with E-state index in [2.05, 4.69) is 0 Å². The molecule has 5 heteroatoms. The highest BCUT2D eigenvalue weighted by atomic mass is 32.2. The van der Waals surface area contributed by atoms with Crippen LogP contribution >= 0.6 is 0 Å². The molecule has 1 aromatic rings. The number of carbonyl (C=O) groups is 1. The molecule has 0 N–H and O–H groups in total. The average molecular weight is 282 g/mol. The van der Waals surface area contributed by atoms with Crippen LogP contribution in [-0.2, 0) is 9.84 Å². The molecule has 0 aliphatic heterocycles. The zero-order chi connectivity index (χ0) is 13.9.